The van der Waals surface area contributed by atoms with Crippen molar-refractivity contribution in [3.63, 3.8) is 0 Å². The number of nitrogen functional groups attached to an aromatic ring is 2. The zero-order valence-corrected chi connectivity index (χ0v) is 9.23. The summed E-state index contributed by atoms with van der Waals surface area (Å²) in [6.07, 6.45) is 5.38. The van der Waals surface area contributed by atoms with Crippen LogP contribution in [0.4, 0.5) is 17.5 Å². The lowest BCUT2D eigenvalue weighted by Gasteiger charge is -2.27. The van der Waals surface area contributed by atoms with Gasteiger partial charge < -0.3 is 21.9 Å². The summed E-state index contributed by atoms with van der Waals surface area (Å²) >= 11 is 0. The molecule has 1 heterocycles. The third-order valence-corrected chi connectivity index (χ3v) is 2.82. The minimum Gasteiger partial charge on any atom is -0.394 e. The van der Waals surface area contributed by atoms with Crippen LogP contribution in [0.15, 0.2) is 16.9 Å². The number of aromatic nitrogens is 2. The van der Waals surface area contributed by atoms with E-state index in [4.69, 9.17) is 11.5 Å². The lowest BCUT2D eigenvalue weighted by atomic mass is 10.0. The van der Waals surface area contributed by atoms with Gasteiger partial charge in [0.1, 0.15) is 5.69 Å². The number of nitrogens with two attached hydrogens (primary N) is 2. The summed E-state index contributed by atoms with van der Waals surface area (Å²) in [5.41, 5.74) is 9.92. The van der Waals surface area contributed by atoms with Crippen LogP contribution in [0.25, 0.3) is 0 Å². The number of anilines is 3. The molecule has 0 saturated heterocycles. The molecule has 1 aromatic rings. The third-order valence-electron chi connectivity index (χ3n) is 2.82. The Kier molecular flexibility index (Phi) is 2.76. The molecule has 0 bridgehead atoms. The highest BCUT2D eigenvalue weighted by atomic mass is 16.3. The van der Waals surface area contributed by atoms with Crippen LogP contribution >= 0.6 is 0 Å². The molecule has 1 aromatic heterocycles. The number of H-pyrrole nitrogens is 1. The molecular weight excluding hydrogens is 222 g/mol. The van der Waals surface area contributed by atoms with Gasteiger partial charge in [-0.2, -0.15) is 4.98 Å². The van der Waals surface area contributed by atoms with E-state index in [0.29, 0.717) is 0 Å². The zero-order chi connectivity index (χ0) is 12.5. The van der Waals surface area contributed by atoms with Gasteiger partial charge in [-0.25, -0.2) is 0 Å². The van der Waals surface area contributed by atoms with Crippen molar-refractivity contribution in [3.05, 3.63) is 22.5 Å². The summed E-state index contributed by atoms with van der Waals surface area (Å²) in [6, 6.07) is 0. The first kappa shape index (κ1) is 11.5. The second kappa shape index (κ2) is 4.10. The molecule has 2 rings (SSSR count). The van der Waals surface area contributed by atoms with Gasteiger partial charge in [0.05, 0.1) is 12.1 Å². The molecule has 0 amide bonds. The predicted molar refractivity (Wildman–Crippen MR) is 65.5 cm³/mol. The molecule has 17 heavy (non-hydrogen) atoms. The Hall–Kier alpha value is -2.02. The zero-order valence-electron chi connectivity index (χ0n) is 9.23. The molecule has 0 saturated carbocycles. The van der Waals surface area contributed by atoms with Crippen molar-refractivity contribution in [3.8, 4) is 0 Å². The molecule has 0 unspecified atom stereocenters. The van der Waals surface area contributed by atoms with Gasteiger partial charge in [-0.05, 0) is 12.8 Å². The number of hydrogen-bond acceptors (Lipinski definition) is 6. The number of aliphatic hydroxyl groups is 1. The molecule has 1 aliphatic rings. The van der Waals surface area contributed by atoms with Gasteiger partial charge in [0.15, 0.2) is 5.82 Å². The van der Waals surface area contributed by atoms with Crippen molar-refractivity contribution in [2.45, 2.75) is 18.4 Å². The molecule has 0 aliphatic heterocycles. The predicted octanol–water partition coefficient (Wildman–Crippen LogP) is -0.573. The van der Waals surface area contributed by atoms with E-state index in [1.807, 2.05) is 12.2 Å². The van der Waals surface area contributed by atoms with E-state index < -0.39 is 11.1 Å². The Labute approximate surface area is 97.6 Å². The summed E-state index contributed by atoms with van der Waals surface area (Å²) in [7, 11) is 0. The van der Waals surface area contributed by atoms with E-state index in [2.05, 4.69) is 15.3 Å². The Morgan fingerprint density at radius 3 is 2.94 bits per heavy atom. The molecule has 0 aromatic carbocycles. The van der Waals surface area contributed by atoms with Crippen molar-refractivity contribution in [1.82, 2.24) is 9.97 Å². The van der Waals surface area contributed by atoms with Gasteiger partial charge in [0, 0.05) is 0 Å². The van der Waals surface area contributed by atoms with Gasteiger partial charge in [-0.1, -0.05) is 12.2 Å². The minimum absolute atomic E-state index is 0.0123. The molecule has 0 radical (unpaired) electrons. The summed E-state index contributed by atoms with van der Waals surface area (Å²) in [5, 5.41) is 12.4. The fraction of sp³-hybridized carbons (Fsp3) is 0.400. The van der Waals surface area contributed by atoms with Crippen molar-refractivity contribution in [1.29, 1.82) is 0 Å². The van der Waals surface area contributed by atoms with Gasteiger partial charge in [-0.3, -0.25) is 9.78 Å². The lowest BCUT2D eigenvalue weighted by molar-refractivity contribution is 0.238. The lowest BCUT2D eigenvalue weighted by Crippen LogP contribution is -2.39. The molecule has 1 atom stereocenters. The Morgan fingerprint density at radius 2 is 2.35 bits per heavy atom. The maximum absolute atomic E-state index is 11.4. The van der Waals surface area contributed by atoms with Crippen LogP contribution in [-0.2, 0) is 0 Å². The molecule has 7 nitrogen and oxygen atoms in total. The minimum atomic E-state index is -0.610. The van der Waals surface area contributed by atoms with Crippen molar-refractivity contribution in [2.24, 2.45) is 0 Å². The second-order valence-electron chi connectivity index (χ2n) is 4.09. The molecule has 0 fully saturated rings. The van der Waals surface area contributed by atoms with E-state index in [-0.39, 0.29) is 24.1 Å². The van der Waals surface area contributed by atoms with Crippen LogP contribution in [0.1, 0.15) is 12.8 Å². The van der Waals surface area contributed by atoms with Crippen molar-refractivity contribution < 1.29 is 5.11 Å². The first-order valence-electron chi connectivity index (χ1n) is 5.28. The second-order valence-corrected chi connectivity index (χ2v) is 4.09. The number of nitrogens with zero attached hydrogens (tertiary/aromatic N) is 1. The van der Waals surface area contributed by atoms with Crippen LogP contribution in [0.5, 0.6) is 0 Å². The van der Waals surface area contributed by atoms with Crippen molar-refractivity contribution in [2.75, 3.05) is 23.4 Å². The Bertz CT molecular complexity index is 510. The van der Waals surface area contributed by atoms with E-state index in [9.17, 15) is 9.90 Å². The largest absolute Gasteiger partial charge is 0.394 e. The average molecular weight is 237 g/mol. The summed E-state index contributed by atoms with van der Waals surface area (Å²) in [5.74, 6) is 0.189. The van der Waals surface area contributed by atoms with E-state index in [1.54, 1.807) is 0 Å². The van der Waals surface area contributed by atoms with Gasteiger partial charge in [0.2, 0.25) is 5.95 Å². The molecule has 7 heteroatoms. The normalized spacial score (nSPS) is 22.9. The summed E-state index contributed by atoms with van der Waals surface area (Å²) in [6.45, 7) is -0.0999. The molecule has 1 aliphatic carbocycles. The fourth-order valence-electron chi connectivity index (χ4n) is 1.84. The SMILES string of the molecule is Nc1nc(N[C@@]2(CO)C=CCC2)c(N)c(=O)[nH]1. The summed E-state index contributed by atoms with van der Waals surface area (Å²) < 4.78 is 0. The monoisotopic (exact) mass is 237 g/mol. The number of hydrogen-bond donors (Lipinski definition) is 5. The standard InChI is InChI=1S/C10H15N5O2/c11-6-7(13-9(12)14-8(6)17)15-10(5-16)3-1-2-4-10/h1,3,16H,2,4-5,11H2,(H4,12,13,14,15,17)/t10-/m0/s1. The van der Waals surface area contributed by atoms with Gasteiger partial charge in [0.25, 0.3) is 5.56 Å². The maximum atomic E-state index is 11.4. The topological polar surface area (TPSA) is 130 Å². The van der Waals surface area contributed by atoms with E-state index >= 15 is 0 Å². The molecule has 92 valence electrons. The van der Waals surface area contributed by atoms with Gasteiger partial charge >= 0.3 is 0 Å². The van der Waals surface area contributed by atoms with E-state index in [1.165, 1.54) is 0 Å². The first-order valence-corrected chi connectivity index (χ1v) is 5.28. The number of allylic oxidation sites excluding steroid dienone is 1. The van der Waals surface area contributed by atoms with Crippen molar-refractivity contribution >= 4 is 17.5 Å². The number of aliphatic hydroxyl groups excluding tert-OH is 1. The Morgan fingerprint density at radius 1 is 1.59 bits per heavy atom. The fourth-order valence-corrected chi connectivity index (χ4v) is 1.84. The smallest absolute Gasteiger partial charge is 0.277 e. The van der Waals surface area contributed by atoms with Crippen LogP contribution in [0.3, 0.4) is 0 Å². The Balaban J connectivity index is 2.35. The quantitative estimate of drug-likeness (QED) is 0.447. The molecular formula is C10H15N5O2. The highest BCUT2D eigenvalue weighted by molar-refractivity contribution is 5.63. The molecule has 7 N–H and O–H groups in total. The van der Waals surface area contributed by atoms with Crippen LogP contribution < -0.4 is 22.3 Å². The first-order chi connectivity index (χ1) is 8.06. The summed E-state index contributed by atoms with van der Waals surface area (Å²) in [4.78, 5) is 17.6. The highest BCUT2D eigenvalue weighted by Crippen LogP contribution is 2.27. The van der Waals surface area contributed by atoms with Crippen LogP contribution in [0.2, 0.25) is 0 Å². The van der Waals surface area contributed by atoms with Crippen LogP contribution in [-0.4, -0.2) is 27.2 Å². The number of rotatable bonds is 3. The third kappa shape index (κ3) is 2.09. The average Bonchev–Trinajstić information content (AvgIpc) is 2.74. The molecule has 0 spiro atoms. The van der Waals surface area contributed by atoms with Gasteiger partial charge in [-0.15, -0.1) is 0 Å². The number of aromatic amines is 1. The maximum Gasteiger partial charge on any atom is 0.277 e. The van der Waals surface area contributed by atoms with E-state index in [0.717, 1.165) is 12.8 Å². The van der Waals surface area contributed by atoms with Crippen LogP contribution in [0, 0.1) is 0 Å². The highest BCUT2D eigenvalue weighted by Gasteiger charge is 2.30. The number of nitrogens with one attached hydrogen (secondary N) is 2.